The van der Waals surface area contributed by atoms with E-state index in [0.29, 0.717) is 12.0 Å². The van der Waals surface area contributed by atoms with Crippen LogP contribution >= 0.6 is 0 Å². The zero-order chi connectivity index (χ0) is 13.0. The van der Waals surface area contributed by atoms with E-state index in [-0.39, 0.29) is 12.5 Å². The molecule has 0 aliphatic heterocycles. The third-order valence-electron chi connectivity index (χ3n) is 2.81. The standard InChI is InChI=1S/C14H16N2O2/c1-10-13(6-8-15-10)14(18)16-12-4-2-11(3-5-12)7-9-17/h2-6,8,15,17H,7,9H2,1H3,(H,16,18). The number of rotatable bonds is 4. The molecule has 1 heterocycles. The second-order valence-electron chi connectivity index (χ2n) is 4.14. The van der Waals surface area contributed by atoms with Crippen molar-refractivity contribution in [1.82, 2.24) is 4.98 Å². The van der Waals surface area contributed by atoms with Gasteiger partial charge in [-0.2, -0.15) is 0 Å². The Bertz CT molecular complexity index is 529. The van der Waals surface area contributed by atoms with Gasteiger partial charge in [-0.05, 0) is 37.1 Å². The van der Waals surface area contributed by atoms with Gasteiger partial charge in [0.1, 0.15) is 0 Å². The Morgan fingerprint density at radius 2 is 2.00 bits per heavy atom. The molecule has 94 valence electrons. The van der Waals surface area contributed by atoms with Crippen molar-refractivity contribution in [2.24, 2.45) is 0 Å². The van der Waals surface area contributed by atoms with Gasteiger partial charge < -0.3 is 15.4 Å². The van der Waals surface area contributed by atoms with Crippen LogP contribution in [-0.2, 0) is 6.42 Å². The van der Waals surface area contributed by atoms with Gasteiger partial charge in [-0.15, -0.1) is 0 Å². The Morgan fingerprint density at radius 1 is 1.28 bits per heavy atom. The SMILES string of the molecule is Cc1[nH]ccc1C(=O)Nc1ccc(CCO)cc1. The van der Waals surface area contributed by atoms with Crippen LogP contribution in [0.15, 0.2) is 36.5 Å². The summed E-state index contributed by atoms with van der Waals surface area (Å²) in [6.45, 7) is 1.99. The molecule has 0 saturated heterocycles. The number of carbonyl (C=O) groups excluding carboxylic acids is 1. The number of aromatic amines is 1. The Morgan fingerprint density at radius 3 is 2.56 bits per heavy atom. The molecule has 2 rings (SSSR count). The number of anilines is 1. The highest BCUT2D eigenvalue weighted by atomic mass is 16.2. The normalized spacial score (nSPS) is 10.3. The molecule has 1 aromatic heterocycles. The van der Waals surface area contributed by atoms with Crippen molar-refractivity contribution < 1.29 is 9.90 Å². The number of H-pyrrole nitrogens is 1. The zero-order valence-electron chi connectivity index (χ0n) is 10.2. The molecular weight excluding hydrogens is 228 g/mol. The van der Waals surface area contributed by atoms with Gasteiger partial charge in [0, 0.05) is 24.2 Å². The largest absolute Gasteiger partial charge is 0.396 e. The van der Waals surface area contributed by atoms with Gasteiger partial charge in [-0.3, -0.25) is 4.79 Å². The fourth-order valence-electron chi connectivity index (χ4n) is 1.78. The van der Waals surface area contributed by atoms with E-state index in [1.54, 1.807) is 12.3 Å². The molecule has 2 aromatic rings. The molecule has 3 N–H and O–H groups in total. The number of amides is 1. The van der Waals surface area contributed by atoms with Gasteiger partial charge >= 0.3 is 0 Å². The highest BCUT2D eigenvalue weighted by Crippen LogP contribution is 2.13. The van der Waals surface area contributed by atoms with Crippen LogP contribution in [0.25, 0.3) is 0 Å². The summed E-state index contributed by atoms with van der Waals surface area (Å²) in [5, 5.41) is 11.6. The predicted octanol–water partition coefficient (Wildman–Crippen LogP) is 2.11. The highest BCUT2D eigenvalue weighted by Gasteiger charge is 2.09. The minimum absolute atomic E-state index is 0.122. The van der Waals surface area contributed by atoms with Crippen LogP contribution in [0.4, 0.5) is 5.69 Å². The number of aryl methyl sites for hydroxylation is 1. The van der Waals surface area contributed by atoms with Crippen LogP contribution in [0.1, 0.15) is 21.6 Å². The number of benzene rings is 1. The quantitative estimate of drug-likeness (QED) is 0.771. The van der Waals surface area contributed by atoms with Crippen molar-refractivity contribution in [2.75, 3.05) is 11.9 Å². The molecule has 0 aliphatic rings. The molecule has 18 heavy (non-hydrogen) atoms. The molecule has 0 fully saturated rings. The molecule has 4 nitrogen and oxygen atoms in total. The van der Waals surface area contributed by atoms with E-state index >= 15 is 0 Å². The average molecular weight is 244 g/mol. The predicted molar refractivity (Wildman–Crippen MR) is 70.7 cm³/mol. The molecule has 0 unspecified atom stereocenters. The molecule has 0 aliphatic carbocycles. The van der Waals surface area contributed by atoms with Crippen LogP contribution in [0, 0.1) is 6.92 Å². The second-order valence-corrected chi connectivity index (χ2v) is 4.14. The Kier molecular flexibility index (Phi) is 3.79. The minimum Gasteiger partial charge on any atom is -0.396 e. The van der Waals surface area contributed by atoms with Gasteiger partial charge in [0.2, 0.25) is 0 Å². The smallest absolute Gasteiger partial charge is 0.257 e. The molecule has 1 amide bonds. The van der Waals surface area contributed by atoms with E-state index in [1.807, 2.05) is 31.2 Å². The fraction of sp³-hybridized carbons (Fsp3) is 0.214. The van der Waals surface area contributed by atoms with Gasteiger partial charge in [-0.25, -0.2) is 0 Å². The Labute approximate surface area is 106 Å². The van der Waals surface area contributed by atoms with Crippen molar-refractivity contribution in [1.29, 1.82) is 0 Å². The molecular formula is C14H16N2O2. The monoisotopic (exact) mass is 244 g/mol. The van der Waals surface area contributed by atoms with Crippen LogP contribution in [0.3, 0.4) is 0 Å². The van der Waals surface area contributed by atoms with Gasteiger partial charge in [0.05, 0.1) is 5.56 Å². The molecule has 1 aromatic carbocycles. The molecule has 0 atom stereocenters. The van der Waals surface area contributed by atoms with E-state index in [4.69, 9.17) is 5.11 Å². The lowest BCUT2D eigenvalue weighted by Crippen LogP contribution is -2.12. The van der Waals surface area contributed by atoms with Crippen molar-refractivity contribution in [3.05, 3.63) is 53.3 Å². The fourth-order valence-corrected chi connectivity index (χ4v) is 1.78. The molecule has 0 saturated carbocycles. The van der Waals surface area contributed by atoms with E-state index < -0.39 is 0 Å². The number of nitrogens with one attached hydrogen (secondary N) is 2. The average Bonchev–Trinajstić information content (AvgIpc) is 2.78. The highest BCUT2D eigenvalue weighted by molar-refractivity contribution is 6.05. The lowest BCUT2D eigenvalue weighted by Gasteiger charge is -2.06. The summed E-state index contributed by atoms with van der Waals surface area (Å²) in [6, 6.07) is 9.23. The maximum Gasteiger partial charge on any atom is 0.257 e. The third-order valence-corrected chi connectivity index (χ3v) is 2.81. The molecule has 4 heteroatoms. The van der Waals surface area contributed by atoms with Crippen LogP contribution < -0.4 is 5.32 Å². The van der Waals surface area contributed by atoms with Crippen molar-refractivity contribution in [2.45, 2.75) is 13.3 Å². The lowest BCUT2D eigenvalue weighted by molar-refractivity contribution is 0.102. The van der Waals surface area contributed by atoms with E-state index in [2.05, 4.69) is 10.3 Å². The van der Waals surface area contributed by atoms with Crippen LogP contribution in [0.5, 0.6) is 0 Å². The summed E-state index contributed by atoms with van der Waals surface area (Å²) in [4.78, 5) is 14.9. The first kappa shape index (κ1) is 12.4. The lowest BCUT2D eigenvalue weighted by atomic mass is 10.1. The number of hydrogen-bond donors (Lipinski definition) is 3. The van der Waals surface area contributed by atoms with E-state index in [1.165, 1.54) is 0 Å². The number of aliphatic hydroxyl groups excluding tert-OH is 1. The first-order valence-corrected chi connectivity index (χ1v) is 5.86. The summed E-state index contributed by atoms with van der Waals surface area (Å²) >= 11 is 0. The van der Waals surface area contributed by atoms with Crippen molar-refractivity contribution in [3.63, 3.8) is 0 Å². The first-order chi connectivity index (χ1) is 8.70. The maximum absolute atomic E-state index is 11.9. The first-order valence-electron chi connectivity index (χ1n) is 5.86. The molecule has 0 bridgehead atoms. The number of aromatic nitrogens is 1. The summed E-state index contributed by atoms with van der Waals surface area (Å²) in [7, 11) is 0. The van der Waals surface area contributed by atoms with Crippen molar-refractivity contribution in [3.8, 4) is 0 Å². The van der Waals surface area contributed by atoms with Crippen molar-refractivity contribution >= 4 is 11.6 Å². The Balaban J connectivity index is 2.05. The van der Waals surface area contributed by atoms with Gasteiger partial charge in [-0.1, -0.05) is 12.1 Å². The van der Waals surface area contributed by atoms with E-state index in [0.717, 1.165) is 16.9 Å². The zero-order valence-corrected chi connectivity index (χ0v) is 10.2. The summed E-state index contributed by atoms with van der Waals surface area (Å²) in [6.07, 6.45) is 2.37. The maximum atomic E-state index is 11.9. The third kappa shape index (κ3) is 2.78. The Hall–Kier alpha value is -2.07. The van der Waals surface area contributed by atoms with Gasteiger partial charge in [0.25, 0.3) is 5.91 Å². The van der Waals surface area contributed by atoms with E-state index in [9.17, 15) is 4.79 Å². The number of hydrogen-bond acceptors (Lipinski definition) is 2. The molecule has 0 spiro atoms. The second kappa shape index (κ2) is 5.51. The van der Waals surface area contributed by atoms with Crippen LogP contribution in [-0.4, -0.2) is 22.6 Å². The topological polar surface area (TPSA) is 65.1 Å². The van der Waals surface area contributed by atoms with Crippen LogP contribution in [0.2, 0.25) is 0 Å². The summed E-state index contributed by atoms with van der Waals surface area (Å²) in [5.74, 6) is -0.122. The van der Waals surface area contributed by atoms with Gasteiger partial charge in [0.15, 0.2) is 0 Å². The minimum atomic E-state index is -0.122. The number of aliphatic hydroxyl groups is 1. The summed E-state index contributed by atoms with van der Waals surface area (Å²) < 4.78 is 0. The summed E-state index contributed by atoms with van der Waals surface area (Å²) in [5.41, 5.74) is 3.30. The number of carbonyl (C=O) groups is 1. The molecule has 0 radical (unpaired) electrons.